The molecule has 1 N–H and O–H groups in total. The number of ether oxygens (including phenoxy) is 1. The Kier molecular flexibility index (Phi) is 2.21. The number of hydrogen-bond donors (Lipinski definition) is 1. The molecule has 0 spiro atoms. The van der Waals surface area contributed by atoms with Crippen LogP contribution in [0.15, 0.2) is 0 Å². The fourth-order valence-corrected chi connectivity index (χ4v) is 1.00. The van der Waals surface area contributed by atoms with Crippen molar-refractivity contribution in [2.24, 2.45) is 0 Å². The molecule has 3 nitrogen and oxygen atoms in total. The van der Waals surface area contributed by atoms with Crippen LogP contribution in [0.5, 0.6) is 0 Å². The van der Waals surface area contributed by atoms with E-state index in [9.17, 15) is 4.79 Å². The molecule has 0 aromatic heterocycles. The molecule has 1 saturated heterocycles. The first-order valence-corrected chi connectivity index (χ1v) is 3.56. The standard InChI is InChI=1S/C6H9NO2S/c1-4(10)9-5-2-3-7-6(5)8/h5H,2-3H2,1H3,(H,7,8). The first-order chi connectivity index (χ1) is 4.70. The predicted octanol–water partition coefficient (Wildman–Crippen LogP) is 0.239. The molecule has 1 aliphatic rings. The summed E-state index contributed by atoms with van der Waals surface area (Å²) < 4.78 is 5.04. The number of amides is 1. The third kappa shape index (κ3) is 1.67. The number of hydrogen-bond acceptors (Lipinski definition) is 3. The van der Waals surface area contributed by atoms with E-state index in [2.05, 4.69) is 17.5 Å². The van der Waals surface area contributed by atoms with Gasteiger partial charge in [0.25, 0.3) is 5.91 Å². The second kappa shape index (κ2) is 2.96. The Labute approximate surface area is 64.7 Å². The van der Waals surface area contributed by atoms with Crippen LogP contribution in [0.2, 0.25) is 0 Å². The van der Waals surface area contributed by atoms with Gasteiger partial charge in [-0.2, -0.15) is 0 Å². The highest BCUT2D eigenvalue weighted by molar-refractivity contribution is 7.80. The van der Waals surface area contributed by atoms with E-state index in [1.165, 1.54) is 0 Å². The van der Waals surface area contributed by atoms with E-state index in [0.717, 1.165) is 6.42 Å². The SMILES string of the molecule is CC(=S)OC1CCNC1=O. The van der Waals surface area contributed by atoms with Crippen LogP contribution in [0.1, 0.15) is 13.3 Å². The molecule has 0 aromatic rings. The van der Waals surface area contributed by atoms with E-state index in [1.807, 2.05) is 0 Å². The van der Waals surface area contributed by atoms with Crippen molar-refractivity contribution in [3.05, 3.63) is 0 Å². The Hall–Kier alpha value is -0.640. The van der Waals surface area contributed by atoms with Gasteiger partial charge in [-0.3, -0.25) is 4.79 Å². The maximum atomic E-state index is 10.8. The molecule has 0 aliphatic carbocycles. The van der Waals surface area contributed by atoms with Gasteiger partial charge in [-0.25, -0.2) is 0 Å². The minimum Gasteiger partial charge on any atom is -0.474 e. The normalized spacial score (nSPS) is 24.1. The van der Waals surface area contributed by atoms with Crippen molar-refractivity contribution in [3.8, 4) is 0 Å². The van der Waals surface area contributed by atoms with Crippen LogP contribution in [-0.2, 0) is 9.53 Å². The molecule has 1 unspecified atom stereocenters. The number of carbonyl (C=O) groups is 1. The minimum atomic E-state index is -0.336. The highest BCUT2D eigenvalue weighted by Gasteiger charge is 2.25. The Bertz CT molecular complexity index is 169. The molecule has 0 saturated carbocycles. The summed E-state index contributed by atoms with van der Waals surface area (Å²) in [6.07, 6.45) is 0.393. The molecule has 1 fully saturated rings. The first-order valence-electron chi connectivity index (χ1n) is 3.15. The third-order valence-electron chi connectivity index (χ3n) is 1.31. The maximum absolute atomic E-state index is 10.8. The molecule has 0 aromatic carbocycles. The van der Waals surface area contributed by atoms with Crippen molar-refractivity contribution in [3.63, 3.8) is 0 Å². The van der Waals surface area contributed by atoms with Gasteiger partial charge in [-0.05, 0) is 12.2 Å². The van der Waals surface area contributed by atoms with E-state index in [4.69, 9.17) is 4.74 Å². The minimum absolute atomic E-state index is 0.0517. The van der Waals surface area contributed by atoms with Crippen LogP contribution in [-0.4, -0.2) is 23.6 Å². The lowest BCUT2D eigenvalue weighted by atomic mass is 10.3. The molecular formula is C6H9NO2S. The largest absolute Gasteiger partial charge is 0.474 e. The van der Waals surface area contributed by atoms with Gasteiger partial charge in [0.2, 0.25) is 0 Å². The first kappa shape index (κ1) is 7.47. The van der Waals surface area contributed by atoms with E-state index >= 15 is 0 Å². The summed E-state index contributed by atoms with van der Waals surface area (Å²) in [5.41, 5.74) is 0. The monoisotopic (exact) mass is 159 g/mol. The summed E-state index contributed by atoms with van der Waals surface area (Å²) >= 11 is 4.68. The molecule has 1 heterocycles. The van der Waals surface area contributed by atoms with Gasteiger partial charge in [0.1, 0.15) is 0 Å². The van der Waals surface area contributed by atoms with Gasteiger partial charge >= 0.3 is 0 Å². The lowest BCUT2D eigenvalue weighted by Gasteiger charge is -2.07. The molecular weight excluding hydrogens is 150 g/mol. The van der Waals surface area contributed by atoms with Crippen LogP contribution in [0, 0.1) is 0 Å². The van der Waals surface area contributed by atoms with Gasteiger partial charge in [-0.1, -0.05) is 0 Å². The van der Waals surface area contributed by atoms with Crippen molar-refractivity contribution >= 4 is 23.2 Å². The van der Waals surface area contributed by atoms with Crippen LogP contribution in [0.4, 0.5) is 0 Å². The zero-order chi connectivity index (χ0) is 7.56. The lowest BCUT2D eigenvalue weighted by Crippen LogP contribution is -2.26. The zero-order valence-electron chi connectivity index (χ0n) is 5.72. The molecule has 0 bridgehead atoms. The summed E-state index contributed by atoms with van der Waals surface area (Å²) in [4.78, 5) is 10.8. The average Bonchev–Trinajstić information content (AvgIpc) is 2.15. The molecule has 10 heavy (non-hydrogen) atoms. The van der Waals surface area contributed by atoms with Crippen molar-refractivity contribution in [2.75, 3.05) is 6.54 Å². The van der Waals surface area contributed by atoms with Crippen LogP contribution >= 0.6 is 12.2 Å². The van der Waals surface area contributed by atoms with E-state index in [-0.39, 0.29) is 12.0 Å². The number of thiocarbonyl (C=S) groups is 1. The fraction of sp³-hybridized carbons (Fsp3) is 0.667. The number of nitrogens with one attached hydrogen (secondary N) is 1. The molecule has 1 amide bonds. The van der Waals surface area contributed by atoms with E-state index in [0.29, 0.717) is 11.6 Å². The van der Waals surface area contributed by atoms with E-state index < -0.39 is 0 Å². The number of carbonyl (C=O) groups excluding carboxylic acids is 1. The van der Waals surface area contributed by atoms with Crippen LogP contribution < -0.4 is 5.32 Å². The maximum Gasteiger partial charge on any atom is 0.261 e. The fourth-order valence-electron chi connectivity index (χ4n) is 0.884. The highest BCUT2D eigenvalue weighted by Crippen LogP contribution is 2.04. The van der Waals surface area contributed by atoms with Gasteiger partial charge in [0.15, 0.2) is 11.2 Å². The molecule has 1 atom stereocenters. The van der Waals surface area contributed by atoms with Gasteiger partial charge < -0.3 is 10.1 Å². The summed E-state index contributed by atoms with van der Waals surface area (Å²) in [5, 5.41) is 3.08. The van der Waals surface area contributed by atoms with Crippen molar-refractivity contribution < 1.29 is 9.53 Å². The molecule has 4 heteroatoms. The molecule has 1 rings (SSSR count). The Morgan fingerprint density at radius 3 is 3.00 bits per heavy atom. The Balaban J connectivity index is 2.40. The zero-order valence-corrected chi connectivity index (χ0v) is 6.53. The predicted molar refractivity (Wildman–Crippen MR) is 40.8 cm³/mol. The highest BCUT2D eigenvalue weighted by atomic mass is 32.1. The molecule has 56 valence electrons. The van der Waals surface area contributed by atoms with Crippen molar-refractivity contribution in [1.82, 2.24) is 5.32 Å². The summed E-state index contributed by atoms with van der Waals surface area (Å²) in [5.74, 6) is -0.0517. The van der Waals surface area contributed by atoms with Crippen molar-refractivity contribution in [1.29, 1.82) is 0 Å². The van der Waals surface area contributed by atoms with Crippen LogP contribution in [0.3, 0.4) is 0 Å². The molecule has 1 aliphatic heterocycles. The second-order valence-corrected chi connectivity index (χ2v) is 2.75. The van der Waals surface area contributed by atoms with Crippen LogP contribution in [0.25, 0.3) is 0 Å². The lowest BCUT2D eigenvalue weighted by molar-refractivity contribution is -0.125. The Morgan fingerprint density at radius 2 is 2.60 bits per heavy atom. The quantitative estimate of drug-likeness (QED) is 0.557. The number of rotatable bonds is 1. The second-order valence-electron chi connectivity index (χ2n) is 2.18. The average molecular weight is 159 g/mol. The van der Waals surface area contributed by atoms with Crippen molar-refractivity contribution in [2.45, 2.75) is 19.4 Å². The molecule has 0 radical (unpaired) electrons. The van der Waals surface area contributed by atoms with Gasteiger partial charge in [-0.15, -0.1) is 0 Å². The Morgan fingerprint density at radius 1 is 1.90 bits per heavy atom. The van der Waals surface area contributed by atoms with E-state index in [1.54, 1.807) is 6.92 Å². The summed E-state index contributed by atoms with van der Waals surface area (Å²) in [6.45, 7) is 2.37. The smallest absolute Gasteiger partial charge is 0.261 e. The topological polar surface area (TPSA) is 38.3 Å². The van der Waals surface area contributed by atoms with Gasteiger partial charge in [0, 0.05) is 19.9 Å². The third-order valence-corrected chi connectivity index (χ3v) is 1.40. The summed E-state index contributed by atoms with van der Waals surface area (Å²) in [6, 6.07) is 0. The summed E-state index contributed by atoms with van der Waals surface area (Å²) in [7, 11) is 0. The van der Waals surface area contributed by atoms with Gasteiger partial charge in [0.05, 0.1) is 0 Å².